The number of H-pyrrole nitrogens is 1. The minimum absolute atomic E-state index is 0.259. The molecule has 0 radical (unpaired) electrons. The molecule has 0 atom stereocenters. The van der Waals surface area contributed by atoms with E-state index < -0.39 is 0 Å². The standard InChI is InChI=1S/C14H10N4O2S2/c1-7-17-18-14(22-7)21-6-10-15-11-8-4-2-3-5-9(8)20-12(11)13(19)16-10/h2-5H,6H2,1H3,(H,15,16,19). The van der Waals surface area contributed by atoms with Gasteiger partial charge in [0.1, 0.15) is 21.9 Å². The molecule has 1 aromatic carbocycles. The molecule has 4 rings (SSSR count). The lowest BCUT2D eigenvalue weighted by Gasteiger charge is -1.98. The van der Waals surface area contributed by atoms with Crippen LogP contribution in [0.2, 0.25) is 0 Å². The first-order chi connectivity index (χ1) is 10.7. The predicted molar refractivity (Wildman–Crippen MR) is 86.3 cm³/mol. The number of hydrogen-bond acceptors (Lipinski definition) is 7. The monoisotopic (exact) mass is 330 g/mol. The number of nitrogens with zero attached hydrogens (tertiary/aromatic N) is 3. The van der Waals surface area contributed by atoms with Crippen LogP contribution in [0.25, 0.3) is 22.1 Å². The van der Waals surface area contributed by atoms with E-state index in [0.717, 1.165) is 14.7 Å². The first-order valence-corrected chi connectivity index (χ1v) is 8.34. The van der Waals surface area contributed by atoms with Crippen LogP contribution in [-0.4, -0.2) is 20.2 Å². The summed E-state index contributed by atoms with van der Waals surface area (Å²) >= 11 is 3.02. The van der Waals surface area contributed by atoms with Crippen LogP contribution in [0.15, 0.2) is 37.8 Å². The molecular formula is C14H10N4O2S2. The molecule has 0 aliphatic rings. The Bertz CT molecular complexity index is 1030. The highest BCUT2D eigenvalue weighted by Crippen LogP contribution is 2.27. The summed E-state index contributed by atoms with van der Waals surface area (Å²) in [6.45, 7) is 1.91. The first-order valence-electron chi connectivity index (χ1n) is 6.54. The zero-order valence-electron chi connectivity index (χ0n) is 11.5. The van der Waals surface area contributed by atoms with Crippen molar-refractivity contribution in [3.8, 4) is 0 Å². The number of thioether (sulfide) groups is 1. The number of aromatic nitrogens is 4. The van der Waals surface area contributed by atoms with Gasteiger partial charge in [-0.15, -0.1) is 10.2 Å². The van der Waals surface area contributed by atoms with E-state index in [1.165, 1.54) is 23.1 Å². The van der Waals surface area contributed by atoms with Crippen LogP contribution < -0.4 is 5.56 Å². The largest absolute Gasteiger partial charge is 0.449 e. The molecule has 3 heterocycles. The van der Waals surface area contributed by atoms with Gasteiger partial charge < -0.3 is 9.40 Å². The Balaban J connectivity index is 1.75. The lowest BCUT2D eigenvalue weighted by Crippen LogP contribution is -2.10. The number of hydrogen-bond donors (Lipinski definition) is 1. The van der Waals surface area contributed by atoms with Crippen molar-refractivity contribution in [1.29, 1.82) is 0 Å². The molecule has 0 unspecified atom stereocenters. The van der Waals surface area contributed by atoms with Gasteiger partial charge in [-0.05, 0) is 19.1 Å². The van der Waals surface area contributed by atoms with Gasteiger partial charge in [-0.25, -0.2) is 4.98 Å². The number of aryl methyl sites for hydroxylation is 1. The van der Waals surface area contributed by atoms with Gasteiger partial charge in [0.15, 0.2) is 4.34 Å². The summed E-state index contributed by atoms with van der Waals surface area (Å²) in [5.74, 6) is 1.13. The molecule has 3 aromatic heterocycles. The Labute approximate surface area is 132 Å². The molecular weight excluding hydrogens is 320 g/mol. The SMILES string of the molecule is Cc1nnc(SCc2nc3c(oc4ccccc43)c(=O)[nH]2)s1. The fraction of sp³-hybridized carbons (Fsp3) is 0.143. The summed E-state index contributed by atoms with van der Waals surface area (Å²) < 4.78 is 6.43. The minimum atomic E-state index is -0.259. The highest BCUT2D eigenvalue weighted by Gasteiger charge is 2.13. The molecule has 110 valence electrons. The van der Waals surface area contributed by atoms with Crippen LogP contribution in [0.4, 0.5) is 0 Å². The maximum Gasteiger partial charge on any atom is 0.294 e. The van der Waals surface area contributed by atoms with Gasteiger partial charge in [-0.1, -0.05) is 35.2 Å². The summed E-state index contributed by atoms with van der Waals surface area (Å²) in [6.07, 6.45) is 0. The van der Waals surface area contributed by atoms with Gasteiger partial charge in [0.25, 0.3) is 5.56 Å². The summed E-state index contributed by atoms with van der Waals surface area (Å²) in [5.41, 5.74) is 1.27. The fourth-order valence-corrected chi connectivity index (χ4v) is 3.87. The van der Waals surface area contributed by atoms with Crippen molar-refractivity contribution in [3.63, 3.8) is 0 Å². The number of furan rings is 1. The summed E-state index contributed by atoms with van der Waals surface area (Å²) in [6, 6.07) is 7.50. The van der Waals surface area contributed by atoms with Crippen molar-refractivity contribution < 1.29 is 4.42 Å². The van der Waals surface area contributed by atoms with Gasteiger partial charge in [-0.3, -0.25) is 4.79 Å². The number of nitrogens with one attached hydrogen (secondary N) is 1. The number of rotatable bonds is 3. The van der Waals surface area contributed by atoms with Crippen molar-refractivity contribution >= 4 is 45.2 Å². The highest BCUT2D eigenvalue weighted by molar-refractivity contribution is 8.00. The molecule has 22 heavy (non-hydrogen) atoms. The smallest absolute Gasteiger partial charge is 0.294 e. The number of para-hydroxylation sites is 1. The molecule has 6 nitrogen and oxygen atoms in total. The van der Waals surface area contributed by atoms with E-state index in [2.05, 4.69) is 20.2 Å². The van der Waals surface area contributed by atoms with Gasteiger partial charge in [-0.2, -0.15) is 0 Å². The minimum Gasteiger partial charge on any atom is -0.449 e. The molecule has 8 heteroatoms. The Morgan fingerprint density at radius 2 is 2.18 bits per heavy atom. The summed E-state index contributed by atoms with van der Waals surface area (Å²) in [4.78, 5) is 19.5. The number of aromatic amines is 1. The molecule has 4 aromatic rings. The van der Waals surface area contributed by atoms with Gasteiger partial charge in [0.05, 0.1) is 5.75 Å². The van der Waals surface area contributed by atoms with Gasteiger partial charge >= 0.3 is 0 Å². The molecule has 0 spiro atoms. The molecule has 0 aliphatic carbocycles. The molecule has 0 fully saturated rings. The Hall–Kier alpha value is -2.19. The maximum absolute atomic E-state index is 12.2. The quantitative estimate of drug-likeness (QED) is 0.581. The second-order valence-corrected chi connectivity index (χ2v) is 7.07. The molecule has 0 aliphatic heterocycles. The second-order valence-electron chi connectivity index (χ2n) is 4.66. The van der Waals surface area contributed by atoms with E-state index in [4.69, 9.17) is 4.42 Å². The molecule has 0 bridgehead atoms. The lowest BCUT2D eigenvalue weighted by atomic mass is 10.2. The van der Waals surface area contributed by atoms with Crippen molar-refractivity contribution in [2.75, 3.05) is 0 Å². The van der Waals surface area contributed by atoms with Crippen LogP contribution in [-0.2, 0) is 5.75 Å². The Kier molecular flexibility index (Phi) is 3.20. The Morgan fingerprint density at radius 1 is 1.32 bits per heavy atom. The summed E-state index contributed by atoms with van der Waals surface area (Å²) in [7, 11) is 0. The average Bonchev–Trinajstić information content (AvgIpc) is 3.09. The van der Waals surface area contributed by atoms with Crippen molar-refractivity contribution in [3.05, 3.63) is 45.5 Å². The van der Waals surface area contributed by atoms with Crippen molar-refractivity contribution in [2.24, 2.45) is 0 Å². The molecule has 0 amide bonds. The van der Waals surface area contributed by atoms with E-state index in [1.807, 2.05) is 31.2 Å². The predicted octanol–water partition coefficient (Wildman–Crippen LogP) is 3.12. The van der Waals surface area contributed by atoms with E-state index in [9.17, 15) is 4.79 Å². The zero-order valence-corrected chi connectivity index (χ0v) is 13.1. The third-order valence-corrected chi connectivity index (χ3v) is 5.10. The van der Waals surface area contributed by atoms with E-state index >= 15 is 0 Å². The third kappa shape index (κ3) is 2.30. The van der Waals surface area contributed by atoms with Crippen LogP contribution in [0.3, 0.4) is 0 Å². The molecule has 0 saturated carbocycles. The van der Waals surface area contributed by atoms with Gasteiger partial charge in [0, 0.05) is 5.39 Å². The van der Waals surface area contributed by atoms with E-state index in [1.54, 1.807) is 0 Å². The van der Waals surface area contributed by atoms with Crippen LogP contribution >= 0.6 is 23.1 Å². The highest BCUT2D eigenvalue weighted by atomic mass is 32.2. The number of benzene rings is 1. The topological polar surface area (TPSA) is 84.7 Å². The van der Waals surface area contributed by atoms with Gasteiger partial charge in [0.2, 0.25) is 5.58 Å². The average molecular weight is 330 g/mol. The Morgan fingerprint density at radius 3 is 3.00 bits per heavy atom. The second kappa shape index (κ2) is 5.22. The third-order valence-electron chi connectivity index (χ3n) is 3.12. The first kappa shape index (κ1) is 13.5. The number of fused-ring (bicyclic) bond motifs is 3. The molecule has 0 saturated heterocycles. The van der Waals surface area contributed by atoms with Crippen LogP contribution in [0.5, 0.6) is 0 Å². The van der Waals surface area contributed by atoms with E-state index in [0.29, 0.717) is 22.7 Å². The van der Waals surface area contributed by atoms with Crippen molar-refractivity contribution in [2.45, 2.75) is 17.0 Å². The fourth-order valence-electron chi connectivity index (χ4n) is 2.18. The maximum atomic E-state index is 12.2. The zero-order chi connectivity index (χ0) is 15.1. The normalized spacial score (nSPS) is 11.5. The summed E-state index contributed by atoms with van der Waals surface area (Å²) in [5, 5.41) is 9.78. The van der Waals surface area contributed by atoms with Crippen LogP contribution in [0, 0.1) is 6.92 Å². The van der Waals surface area contributed by atoms with Crippen LogP contribution in [0.1, 0.15) is 10.8 Å². The molecule has 1 N–H and O–H groups in total. The lowest BCUT2D eigenvalue weighted by molar-refractivity contribution is 0.660. The van der Waals surface area contributed by atoms with Crippen molar-refractivity contribution in [1.82, 2.24) is 20.2 Å². The van der Waals surface area contributed by atoms with E-state index in [-0.39, 0.29) is 11.1 Å².